The summed E-state index contributed by atoms with van der Waals surface area (Å²) in [4.78, 5) is 38.2. The third kappa shape index (κ3) is 2.58. The van der Waals surface area contributed by atoms with E-state index in [2.05, 4.69) is 5.32 Å². The molecule has 2 aliphatic rings. The van der Waals surface area contributed by atoms with E-state index in [0.717, 1.165) is 0 Å². The Morgan fingerprint density at radius 2 is 1.50 bits per heavy atom. The Kier molecular flexibility index (Phi) is 4.39. The molecule has 2 aliphatic carbocycles. The predicted octanol–water partition coefficient (Wildman–Crippen LogP) is 1.05. The standard InChI is InChI=1S/C21H20N2O5/c22-6-3-7-23-21(28)10-8-13-14(9-10)20(27)16-15(19(13)26)17(24)11-4-1-2-5-12(11)18(16)25/h1-2,4-5,10,26-27H,3,6-9,22H2,(H,23,28). The van der Waals surface area contributed by atoms with E-state index in [4.69, 9.17) is 5.73 Å². The van der Waals surface area contributed by atoms with E-state index in [1.54, 1.807) is 12.1 Å². The van der Waals surface area contributed by atoms with Crippen molar-refractivity contribution in [1.82, 2.24) is 5.32 Å². The summed E-state index contributed by atoms with van der Waals surface area (Å²) in [5.41, 5.74) is 6.18. The van der Waals surface area contributed by atoms with Crippen molar-refractivity contribution in [2.24, 2.45) is 11.7 Å². The summed E-state index contributed by atoms with van der Waals surface area (Å²) in [5, 5.41) is 24.3. The highest BCUT2D eigenvalue weighted by atomic mass is 16.3. The number of hydrogen-bond acceptors (Lipinski definition) is 6. The Balaban J connectivity index is 1.76. The van der Waals surface area contributed by atoms with Crippen LogP contribution in [0.4, 0.5) is 0 Å². The second kappa shape index (κ2) is 6.76. The van der Waals surface area contributed by atoms with Crippen LogP contribution in [0.1, 0.15) is 49.4 Å². The molecule has 2 aromatic carbocycles. The highest BCUT2D eigenvalue weighted by molar-refractivity contribution is 6.30. The Bertz CT molecular complexity index is 958. The Morgan fingerprint density at radius 3 is 1.96 bits per heavy atom. The van der Waals surface area contributed by atoms with Gasteiger partial charge in [-0.3, -0.25) is 14.4 Å². The van der Waals surface area contributed by atoms with Gasteiger partial charge in [-0.15, -0.1) is 0 Å². The number of phenolic OH excluding ortho intramolecular Hbond substituents is 2. The van der Waals surface area contributed by atoms with Crippen molar-refractivity contribution in [3.05, 3.63) is 57.6 Å². The zero-order valence-electron chi connectivity index (χ0n) is 15.1. The molecular formula is C21H20N2O5. The van der Waals surface area contributed by atoms with E-state index in [1.807, 2.05) is 0 Å². The van der Waals surface area contributed by atoms with Gasteiger partial charge in [0, 0.05) is 34.7 Å². The summed E-state index contributed by atoms with van der Waals surface area (Å²) in [7, 11) is 0. The van der Waals surface area contributed by atoms with Crippen LogP contribution in [0, 0.1) is 5.92 Å². The Labute approximate surface area is 161 Å². The minimum Gasteiger partial charge on any atom is -0.507 e. The number of fused-ring (bicyclic) bond motifs is 3. The minimum atomic E-state index is -0.503. The van der Waals surface area contributed by atoms with Crippen LogP contribution in [0.15, 0.2) is 24.3 Å². The third-order valence-corrected chi connectivity index (χ3v) is 5.48. The number of rotatable bonds is 4. The molecule has 7 nitrogen and oxygen atoms in total. The highest BCUT2D eigenvalue weighted by Crippen LogP contribution is 2.47. The van der Waals surface area contributed by atoms with Gasteiger partial charge in [-0.2, -0.15) is 0 Å². The van der Waals surface area contributed by atoms with Crippen LogP contribution in [0.2, 0.25) is 0 Å². The van der Waals surface area contributed by atoms with Crippen molar-refractivity contribution >= 4 is 17.5 Å². The SMILES string of the molecule is NCCCNC(=O)C1Cc2c(O)c3c(c(O)c2C1)C(=O)c1ccccc1C3=O. The molecule has 0 aliphatic heterocycles. The van der Waals surface area contributed by atoms with E-state index < -0.39 is 17.5 Å². The fraction of sp³-hybridized carbons (Fsp3) is 0.286. The van der Waals surface area contributed by atoms with Crippen LogP contribution >= 0.6 is 0 Å². The molecule has 0 fully saturated rings. The molecule has 0 bridgehead atoms. The summed E-state index contributed by atoms with van der Waals surface area (Å²) in [5.74, 6) is -2.32. The van der Waals surface area contributed by atoms with Crippen molar-refractivity contribution in [3.8, 4) is 11.5 Å². The molecule has 28 heavy (non-hydrogen) atoms. The topological polar surface area (TPSA) is 130 Å². The number of carbonyl (C=O) groups is 3. The summed E-state index contributed by atoms with van der Waals surface area (Å²) >= 11 is 0. The van der Waals surface area contributed by atoms with Gasteiger partial charge in [-0.25, -0.2) is 0 Å². The van der Waals surface area contributed by atoms with Crippen molar-refractivity contribution in [1.29, 1.82) is 0 Å². The quantitative estimate of drug-likeness (QED) is 0.395. The average molecular weight is 380 g/mol. The van der Waals surface area contributed by atoms with Crippen LogP contribution in [-0.4, -0.2) is 40.8 Å². The molecule has 0 radical (unpaired) electrons. The number of amides is 1. The summed E-state index contributed by atoms with van der Waals surface area (Å²) in [6, 6.07) is 6.33. The predicted molar refractivity (Wildman–Crippen MR) is 101 cm³/mol. The normalized spacial score (nSPS) is 15.2. The second-order valence-corrected chi connectivity index (χ2v) is 7.15. The summed E-state index contributed by atoms with van der Waals surface area (Å²) in [6.45, 7) is 0.910. The molecule has 0 saturated carbocycles. The fourth-order valence-corrected chi connectivity index (χ4v) is 4.06. The molecule has 1 amide bonds. The molecule has 2 aromatic rings. The number of nitrogens with two attached hydrogens (primary N) is 1. The molecule has 0 unspecified atom stereocenters. The van der Waals surface area contributed by atoms with Gasteiger partial charge < -0.3 is 21.3 Å². The molecule has 0 spiro atoms. The van der Waals surface area contributed by atoms with Gasteiger partial charge in [-0.1, -0.05) is 24.3 Å². The Morgan fingerprint density at radius 1 is 1.00 bits per heavy atom. The smallest absolute Gasteiger partial charge is 0.223 e. The van der Waals surface area contributed by atoms with Crippen molar-refractivity contribution < 1.29 is 24.6 Å². The number of ketones is 2. The molecule has 0 saturated heterocycles. The number of aromatic hydroxyl groups is 2. The van der Waals surface area contributed by atoms with Crippen molar-refractivity contribution in [3.63, 3.8) is 0 Å². The van der Waals surface area contributed by atoms with Gasteiger partial charge in [-0.05, 0) is 25.8 Å². The maximum Gasteiger partial charge on any atom is 0.223 e. The van der Waals surface area contributed by atoms with Gasteiger partial charge >= 0.3 is 0 Å². The molecular weight excluding hydrogens is 360 g/mol. The van der Waals surface area contributed by atoms with E-state index >= 15 is 0 Å². The second-order valence-electron chi connectivity index (χ2n) is 7.15. The van der Waals surface area contributed by atoms with Gasteiger partial charge in [0.1, 0.15) is 11.5 Å². The van der Waals surface area contributed by atoms with Gasteiger partial charge in [0.2, 0.25) is 5.91 Å². The number of carbonyl (C=O) groups excluding carboxylic acids is 3. The molecule has 0 aromatic heterocycles. The van der Waals surface area contributed by atoms with Crippen LogP contribution in [0.3, 0.4) is 0 Å². The molecule has 4 rings (SSSR count). The Hall–Kier alpha value is -3.19. The van der Waals surface area contributed by atoms with Crippen LogP contribution < -0.4 is 11.1 Å². The van der Waals surface area contributed by atoms with Crippen LogP contribution in [0.25, 0.3) is 0 Å². The number of phenols is 2. The number of benzene rings is 2. The first-order valence-corrected chi connectivity index (χ1v) is 9.21. The first-order valence-electron chi connectivity index (χ1n) is 9.21. The first kappa shape index (κ1) is 18.2. The minimum absolute atomic E-state index is 0.177. The lowest BCUT2D eigenvalue weighted by atomic mass is 9.81. The van der Waals surface area contributed by atoms with E-state index in [1.165, 1.54) is 12.1 Å². The maximum absolute atomic E-state index is 12.9. The summed E-state index contributed by atoms with van der Waals surface area (Å²) in [6.07, 6.45) is 1.04. The summed E-state index contributed by atoms with van der Waals surface area (Å²) < 4.78 is 0. The largest absolute Gasteiger partial charge is 0.507 e. The third-order valence-electron chi connectivity index (χ3n) is 5.48. The molecule has 0 atom stereocenters. The van der Waals surface area contributed by atoms with Gasteiger partial charge in [0.25, 0.3) is 0 Å². The number of nitrogens with one attached hydrogen (secondary N) is 1. The molecule has 0 heterocycles. The number of hydrogen-bond donors (Lipinski definition) is 4. The molecule has 5 N–H and O–H groups in total. The zero-order chi connectivity index (χ0) is 20.0. The average Bonchev–Trinajstić information content (AvgIpc) is 3.15. The molecule has 144 valence electrons. The highest BCUT2D eigenvalue weighted by Gasteiger charge is 2.41. The zero-order valence-corrected chi connectivity index (χ0v) is 15.1. The van der Waals surface area contributed by atoms with Gasteiger partial charge in [0.05, 0.1) is 11.1 Å². The lowest BCUT2D eigenvalue weighted by Crippen LogP contribution is -2.32. The van der Waals surface area contributed by atoms with Gasteiger partial charge in [0.15, 0.2) is 11.6 Å². The van der Waals surface area contributed by atoms with Crippen LogP contribution in [0.5, 0.6) is 11.5 Å². The molecule has 7 heteroatoms. The van der Waals surface area contributed by atoms with E-state index in [9.17, 15) is 24.6 Å². The lowest BCUT2D eigenvalue weighted by Gasteiger charge is -2.21. The van der Waals surface area contributed by atoms with E-state index in [-0.39, 0.29) is 52.5 Å². The monoisotopic (exact) mass is 380 g/mol. The van der Waals surface area contributed by atoms with Crippen molar-refractivity contribution in [2.45, 2.75) is 19.3 Å². The van der Waals surface area contributed by atoms with Crippen molar-refractivity contribution in [2.75, 3.05) is 13.1 Å². The maximum atomic E-state index is 12.9. The van der Waals surface area contributed by atoms with E-state index in [0.29, 0.717) is 30.6 Å². The lowest BCUT2D eigenvalue weighted by molar-refractivity contribution is -0.124. The fourth-order valence-electron chi connectivity index (χ4n) is 4.06. The van der Waals surface area contributed by atoms with Crippen LogP contribution in [-0.2, 0) is 17.6 Å². The first-order chi connectivity index (χ1) is 13.5.